The van der Waals surface area contributed by atoms with Crippen LogP contribution in [-0.2, 0) is 13.1 Å². The zero-order valence-electron chi connectivity index (χ0n) is 13.9. The van der Waals surface area contributed by atoms with Gasteiger partial charge in [0, 0.05) is 36.1 Å². The second-order valence-corrected chi connectivity index (χ2v) is 7.00. The van der Waals surface area contributed by atoms with Crippen molar-refractivity contribution in [3.8, 4) is 16.9 Å². The Balaban J connectivity index is 1.62. The Bertz CT molecular complexity index is 866. The van der Waals surface area contributed by atoms with Crippen LogP contribution in [0.3, 0.4) is 0 Å². The van der Waals surface area contributed by atoms with Crippen molar-refractivity contribution >= 4 is 15.9 Å². The van der Waals surface area contributed by atoms with Crippen LogP contribution < -0.4 is 4.74 Å². The van der Waals surface area contributed by atoms with Gasteiger partial charge in [0.15, 0.2) is 4.67 Å². The first kappa shape index (κ1) is 16.3. The van der Waals surface area contributed by atoms with Crippen molar-refractivity contribution in [2.45, 2.75) is 26.1 Å². The smallest absolute Gasteiger partial charge is 0.169 e. The Morgan fingerprint density at radius 2 is 2.00 bits per heavy atom. The number of halogens is 1. The summed E-state index contributed by atoms with van der Waals surface area (Å²) in [7, 11) is 0. The lowest BCUT2D eigenvalue weighted by atomic mass is 10.0. The number of nitrogens with zero attached hydrogens (tertiary/aromatic N) is 3. The van der Waals surface area contributed by atoms with Crippen LogP contribution in [-0.4, -0.2) is 27.5 Å². The third kappa shape index (κ3) is 3.60. The molecular weight excluding hydrogens is 382 g/mol. The summed E-state index contributed by atoms with van der Waals surface area (Å²) in [5, 5.41) is 0. The second kappa shape index (κ2) is 6.98. The van der Waals surface area contributed by atoms with Crippen molar-refractivity contribution in [2.75, 3.05) is 6.61 Å². The molecule has 0 radical (unpaired) electrons. The predicted molar refractivity (Wildman–Crippen MR) is 98.1 cm³/mol. The zero-order chi connectivity index (χ0) is 17.2. The number of furan rings is 1. The summed E-state index contributed by atoms with van der Waals surface area (Å²) >= 11 is 3.37. The van der Waals surface area contributed by atoms with E-state index < -0.39 is 0 Å². The topological polar surface area (TPSA) is 51.4 Å². The van der Waals surface area contributed by atoms with Crippen molar-refractivity contribution in [1.82, 2.24) is 14.9 Å². The van der Waals surface area contributed by atoms with E-state index in [1.54, 1.807) is 6.33 Å². The van der Waals surface area contributed by atoms with Crippen LogP contribution >= 0.6 is 15.9 Å². The summed E-state index contributed by atoms with van der Waals surface area (Å²) in [6.45, 7) is 4.38. The maximum atomic E-state index is 6.01. The lowest BCUT2D eigenvalue weighted by molar-refractivity contribution is 0.141. The molecule has 4 rings (SSSR count). The summed E-state index contributed by atoms with van der Waals surface area (Å²) in [5.41, 5.74) is 3.26. The largest absolute Gasteiger partial charge is 0.492 e. The van der Waals surface area contributed by atoms with Crippen LogP contribution in [0.2, 0.25) is 0 Å². The predicted octanol–water partition coefficient (Wildman–Crippen LogP) is 4.28. The zero-order valence-corrected chi connectivity index (χ0v) is 15.4. The van der Waals surface area contributed by atoms with Crippen LogP contribution in [0.4, 0.5) is 0 Å². The first-order chi connectivity index (χ1) is 12.2. The van der Waals surface area contributed by atoms with Gasteiger partial charge >= 0.3 is 0 Å². The van der Waals surface area contributed by atoms with E-state index in [-0.39, 0.29) is 0 Å². The third-order valence-corrected chi connectivity index (χ3v) is 4.85. The molecule has 0 unspecified atom stereocenters. The number of aromatic nitrogens is 2. The number of benzene rings is 1. The summed E-state index contributed by atoms with van der Waals surface area (Å²) in [6.07, 6.45) is 5.20. The van der Waals surface area contributed by atoms with E-state index in [9.17, 15) is 0 Å². The molecule has 0 spiro atoms. The molecule has 3 heterocycles. The van der Waals surface area contributed by atoms with E-state index in [4.69, 9.17) is 9.15 Å². The minimum absolute atomic E-state index is 0.291. The quantitative estimate of drug-likeness (QED) is 0.657. The highest BCUT2D eigenvalue weighted by Crippen LogP contribution is 2.30. The summed E-state index contributed by atoms with van der Waals surface area (Å²) < 4.78 is 12.4. The highest BCUT2D eigenvalue weighted by atomic mass is 79.9. The SMILES string of the molecule is C[C@@H]1COc2ccc(-c3cncnc3)cc2CN1Cc1ccc(Br)o1. The standard InChI is InChI=1S/C19H18BrN3O2/c1-13-11-24-18-4-2-14(16-7-21-12-22-8-16)6-15(18)9-23(13)10-17-3-5-19(20)25-17/h2-8,12-13H,9-11H2,1H3/t13-/m1/s1. The minimum Gasteiger partial charge on any atom is -0.492 e. The molecule has 0 saturated heterocycles. The van der Waals surface area contributed by atoms with Gasteiger partial charge in [-0.3, -0.25) is 4.90 Å². The molecule has 1 aliphatic heterocycles. The van der Waals surface area contributed by atoms with Gasteiger partial charge in [-0.25, -0.2) is 9.97 Å². The lowest BCUT2D eigenvalue weighted by Crippen LogP contribution is -2.34. The van der Waals surface area contributed by atoms with Gasteiger partial charge in [0.25, 0.3) is 0 Å². The van der Waals surface area contributed by atoms with Gasteiger partial charge in [-0.1, -0.05) is 6.07 Å². The van der Waals surface area contributed by atoms with Crippen molar-refractivity contribution in [2.24, 2.45) is 0 Å². The van der Waals surface area contributed by atoms with E-state index in [0.717, 1.165) is 46.0 Å². The molecule has 1 aromatic carbocycles. The van der Waals surface area contributed by atoms with Crippen molar-refractivity contribution in [3.05, 3.63) is 65.0 Å². The molecule has 3 aromatic rings. The van der Waals surface area contributed by atoms with Crippen LogP contribution in [0.15, 0.2) is 58.1 Å². The fourth-order valence-corrected chi connectivity index (χ4v) is 3.35. The second-order valence-electron chi connectivity index (χ2n) is 6.22. The fraction of sp³-hybridized carbons (Fsp3) is 0.263. The Morgan fingerprint density at radius 3 is 2.76 bits per heavy atom. The molecule has 128 valence electrons. The first-order valence-corrected chi connectivity index (χ1v) is 8.98. The molecule has 0 saturated carbocycles. The molecule has 0 fully saturated rings. The summed E-state index contributed by atoms with van der Waals surface area (Å²) in [4.78, 5) is 10.6. The maximum absolute atomic E-state index is 6.01. The Kier molecular flexibility index (Phi) is 4.55. The van der Waals surface area contributed by atoms with E-state index >= 15 is 0 Å². The van der Waals surface area contributed by atoms with Crippen LogP contribution in [0.5, 0.6) is 5.75 Å². The maximum Gasteiger partial charge on any atom is 0.169 e. The molecule has 6 heteroatoms. The Hall–Kier alpha value is -2.18. The van der Waals surface area contributed by atoms with Crippen LogP contribution in [0, 0.1) is 0 Å². The average molecular weight is 400 g/mol. The molecule has 1 atom stereocenters. The van der Waals surface area contributed by atoms with Gasteiger partial charge in [-0.15, -0.1) is 0 Å². The van der Waals surface area contributed by atoms with Gasteiger partial charge < -0.3 is 9.15 Å². The Labute approximate surface area is 154 Å². The van der Waals surface area contributed by atoms with Crippen LogP contribution in [0.1, 0.15) is 18.2 Å². The normalized spacial score (nSPS) is 17.6. The number of hydrogen-bond acceptors (Lipinski definition) is 5. The van der Waals surface area contributed by atoms with Crippen molar-refractivity contribution in [3.63, 3.8) is 0 Å². The summed E-state index contributed by atoms with van der Waals surface area (Å²) in [5.74, 6) is 1.88. The van der Waals surface area contributed by atoms with E-state index in [2.05, 4.69) is 49.9 Å². The summed E-state index contributed by atoms with van der Waals surface area (Å²) in [6, 6.07) is 10.5. The van der Waals surface area contributed by atoms with Gasteiger partial charge in [-0.2, -0.15) is 0 Å². The van der Waals surface area contributed by atoms with Crippen molar-refractivity contribution in [1.29, 1.82) is 0 Å². The highest BCUT2D eigenvalue weighted by Gasteiger charge is 2.23. The third-order valence-electron chi connectivity index (χ3n) is 4.42. The molecule has 0 bridgehead atoms. The number of fused-ring (bicyclic) bond motifs is 1. The Morgan fingerprint density at radius 1 is 1.16 bits per heavy atom. The number of rotatable bonds is 3. The fourth-order valence-electron chi connectivity index (χ4n) is 3.01. The molecule has 25 heavy (non-hydrogen) atoms. The van der Waals surface area contributed by atoms with Crippen molar-refractivity contribution < 1.29 is 9.15 Å². The number of ether oxygens (including phenoxy) is 1. The van der Waals surface area contributed by atoms with Gasteiger partial charge in [0.1, 0.15) is 24.4 Å². The molecule has 5 nitrogen and oxygen atoms in total. The molecule has 2 aromatic heterocycles. The molecule has 0 aliphatic carbocycles. The molecular formula is C19H18BrN3O2. The van der Waals surface area contributed by atoms with Gasteiger partial charge in [0.2, 0.25) is 0 Å². The molecule has 0 N–H and O–H groups in total. The molecule has 0 amide bonds. The van der Waals surface area contributed by atoms with E-state index in [0.29, 0.717) is 12.6 Å². The van der Waals surface area contributed by atoms with Gasteiger partial charge in [-0.05, 0) is 52.7 Å². The highest BCUT2D eigenvalue weighted by molar-refractivity contribution is 9.10. The average Bonchev–Trinajstić information content (AvgIpc) is 2.98. The minimum atomic E-state index is 0.291. The lowest BCUT2D eigenvalue weighted by Gasteiger charge is -2.24. The monoisotopic (exact) mass is 399 g/mol. The van der Waals surface area contributed by atoms with E-state index in [1.165, 1.54) is 0 Å². The first-order valence-electron chi connectivity index (χ1n) is 8.18. The van der Waals surface area contributed by atoms with E-state index in [1.807, 2.05) is 30.6 Å². The molecule has 1 aliphatic rings. The van der Waals surface area contributed by atoms with Crippen LogP contribution in [0.25, 0.3) is 11.1 Å². The number of hydrogen-bond donors (Lipinski definition) is 0. The van der Waals surface area contributed by atoms with Gasteiger partial charge in [0.05, 0.1) is 6.54 Å².